The van der Waals surface area contributed by atoms with Gasteiger partial charge in [-0.05, 0) is 65.2 Å². The molecule has 5 aromatic rings. The molecule has 0 aliphatic heterocycles. The molecule has 1 aromatic heterocycles. The van der Waals surface area contributed by atoms with Crippen molar-refractivity contribution in [3.63, 3.8) is 0 Å². The Morgan fingerprint density at radius 2 is 1.48 bits per heavy atom. The Balaban J connectivity index is 0.00000370. The molecular formula is C31H23N2NaO5S. The number of carbonyl (C=O) groups is 2. The normalized spacial score (nSPS) is 11.3. The maximum Gasteiger partial charge on any atom is 1.00 e. The van der Waals surface area contributed by atoms with E-state index in [0.717, 1.165) is 22.9 Å². The first-order chi connectivity index (χ1) is 19.0. The quantitative estimate of drug-likeness (QED) is 0.147. The van der Waals surface area contributed by atoms with Gasteiger partial charge in [-0.1, -0.05) is 48.5 Å². The first-order valence-corrected chi connectivity index (χ1v) is 12.9. The second kappa shape index (κ2) is 13.5. The number of nitrogens with zero attached hydrogens (tertiary/aromatic N) is 2. The van der Waals surface area contributed by atoms with Crippen molar-refractivity contribution in [2.45, 2.75) is 13.0 Å². The van der Waals surface area contributed by atoms with Crippen LogP contribution in [0.5, 0.6) is 11.5 Å². The Bertz CT molecular complexity index is 1670. The number of rotatable bonds is 10. The van der Waals surface area contributed by atoms with E-state index in [0.29, 0.717) is 40.3 Å². The summed E-state index contributed by atoms with van der Waals surface area (Å²) in [6.45, 7) is 0.387. The van der Waals surface area contributed by atoms with Crippen LogP contribution >= 0.6 is 11.7 Å². The van der Waals surface area contributed by atoms with Crippen LogP contribution in [-0.4, -0.2) is 27.6 Å². The molecule has 0 fully saturated rings. The Morgan fingerprint density at radius 3 is 2.20 bits per heavy atom. The number of ketones is 1. The van der Waals surface area contributed by atoms with Crippen LogP contribution in [0.2, 0.25) is 0 Å². The van der Waals surface area contributed by atoms with Crippen molar-refractivity contribution in [1.29, 1.82) is 0 Å². The number of aliphatic carboxylic acids is 1. The molecule has 40 heavy (non-hydrogen) atoms. The van der Waals surface area contributed by atoms with Gasteiger partial charge >= 0.3 is 29.6 Å². The Labute approximate surface area is 257 Å². The molecule has 0 saturated carbocycles. The zero-order valence-corrected chi connectivity index (χ0v) is 24.8. The third-order valence-corrected chi connectivity index (χ3v) is 6.76. The number of fused-ring (bicyclic) bond motifs is 1. The van der Waals surface area contributed by atoms with Crippen molar-refractivity contribution in [3.8, 4) is 11.5 Å². The minimum atomic E-state index is -1.45. The average molecular weight is 559 g/mol. The van der Waals surface area contributed by atoms with Crippen molar-refractivity contribution >= 4 is 40.1 Å². The fourth-order valence-electron chi connectivity index (χ4n) is 4.24. The summed E-state index contributed by atoms with van der Waals surface area (Å²) in [5.41, 5.74) is 3.48. The van der Waals surface area contributed by atoms with Gasteiger partial charge in [0, 0.05) is 23.1 Å². The van der Waals surface area contributed by atoms with Gasteiger partial charge in [-0.3, -0.25) is 4.79 Å². The third kappa shape index (κ3) is 6.84. The number of carboxylic acid groups (broad SMARTS) is 1. The molecule has 5 rings (SSSR count). The molecule has 0 spiro atoms. The molecule has 1 heterocycles. The minimum absolute atomic E-state index is 0. The number of Topliss-reactive ketones (excluding diaryl/α,β-unsaturated/α-hetero) is 1. The number of ether oxygens (including phenoxy) is 2. The van der Waals surface area contributed by atoms with E-state index in [2.05, 4.69) is 8.75 Å². The topological polar surface area (TPSA) is 101 Å². The number of benzene rings is 4. The number of aromatic nitrogens is 2. The largest absolute Gasteiger partial charge is 1.00 e. The molecule has 0 radical (unpaired) electrons. The van der Waals surface area contributed by atoms with Crippen molar-refractivity contribution in [2.24, 2.45) is 0 Å². The first kappa shape index (κ1) is 29.2. The van der Waals surface area contributed by atoms with E-state index in [1.807, 2.05) is 36.4 Å². The van der Waals surface area contributed by atoms with Crippen LogP contribution in [0.3, 0.4) is 0 Å². The minimum Gasteiger partial charge on any atom is -0.545 e. The van der Waals surface area contributed by atoms with Crippen LogP contribution in [0.25, 0.3) is 16.6 Å². The standard InChI is InChI=1S/C31H24N2O5S.Na/c1-37-25-9-5-8-21(16-25)17-26(29(31(35)36)23-12-15-27-28(18-23)33-39-32-27)30(34)22-10-13-24(14-11-22)38-19-20-6-3-2-4-7-20;/h2-16,18H,17,19H2,1H3,(H,35,36);/q;+1/p-1. The summed E-state index contributed by atoms with van der Waals surface area (Å²) in [5.74, 6) is -0.686. The van der Waals surface area contributed by atoms with Crippen LogP contribution in [-0.2, 0) is 17.8 Å². The average Bonchev–Trinajstić information content (AvgIpc) is 3.44. The van der Waals surface area contributed by atoms with Crippen molar-refractivity contribution in [1.82, 2.24) is 8.75 Å². The molecule has 0 aliphatic rings. The van der Waals surface area contributed by atoms with Gasteiger partial charge in [0.25, 0.3) is 0 Å². The van der Waals surface area contributed by atoms with Crippen molar-refractivity contribution in [2.75, 3.05) is 7.11 Å². The van der Waals surface area contributed by atoms with Gasteiger partial charge < -0.3 is 19.4 Å². The Morgan fingerprint density at radius 1 is 0.775 bits per heavy atom. The van der Waals surface area contributed by atoms with Crippen LogP contribution in [0.4, 0.5) is 0 Å². The van der Waals surface area contributed by atoms with Crippen molar-refractivity contribution in [3.05, 3.63) is 125 Å². The second-order valence-corrected chi connectivity index (χ2v) is 9.29. The number of methoxy groups -OCH3 is 1. The first-order valence-electron chi connectivity index (χ1n) is 12.1. The summed E-state index contributed by atoms with van der Waals surface area (Å²) in [7, 11) is 1.55. The predicted octanol–water partition coefficient (Wildman–Crippen LogP) is 1.91. The van der Waals surface area contributed by atoms with E-state index in [1.54, 1.807) is 67.8 Å². The van der Waals surface area contributed by atoms with E-state index in [9.17, 15) is 14.7 Å². The molecule has 0 saturated heterocycles. The summed E-state index contributed by atoms with van der Waals surface area (Å²) in [6, 6.07) is 28.5. The molecule has 4 aromatic carbocycles. The van der Waals surface area contributed by atoms with E-state index in [1.165, 1.54) is 0 Å². The van der Waals surface area contributed by atoms with Crippen LogP contribution in [0.1, 0.15) is 27.0 Å². The van der Waals surface area contributed by atoms with E-state index in [-0.39, 0.29) is 47.1 Å². The molecule has 7 nitrogen and oxygen atoms in total. The zero-order chi connectivity index (χ0) is 27.2. The summed E-state index contributed by atoms with van der Waals surface area (Å²) in [5, 5.41) is 12.5. The molecule has 9 heteroatoms. The van der Waals surface area contributed by atoms with Gasteiger partial charge in [0.1, 0.15) is 29.1 Å². The van der Waals surface area contributed by atoms with Gasteiger partial charge in [-0.15, -0.1) is 0 Å². The molecule has 0 amide bonds. The Hall–Kier alpha value is -3.82. The van der Waals surface area contributed by atoms with E-state index >= 15 is 0 Å². The maximum atomic E-state index is 13.9. The zero-order valence-electron chi connectivity index (χ0n) is 22.0. The molecule has 0 aliphatic carbocycles. The SMILES string of the molecule is COc1cccc(CC(C(=O)c2ccc(OCc3ccccc3)cc2)=C(C(=O)[O-])c2ccc3nsnc3c2)c1.[Na+]. The van der Waals surface area contributed by atoms with Gasteiger partial charge in [0.15, 0.2) is 5.78 Å². The molecule has 0 unspecified atom stereocenters. The summed E-state index contributed by atoms with van der Waals surface area (Å²) < 4.78 is 19.6. The van der Waals surface area contributed by atoms with Gasteiger partial charge in [0.2, 0.25) is 0 Å². The Kier molecular flexibility index (Phi) is 9.84. The number of allylic oxidation sites excluding steroid dienone is 1. The van der Waals surface area contributed by atoms with Crippen molar-refractivity contribution < 1.29 is 53.7 Å². The number of carbonyl (C=O) groups excluding carboxylic acids is 2. The summed E-state index contributed by atoms with van der Waals surface area (Å²) in [6.07, 6.45) is 0.0545. The molecular weight excluding hydrogens is 535 g/mol. The summed E-state index contributed by atoms with van der Waals surface area (Å²) >= 11 is 1.03. The maximum absolute atomic E-state index is 13.9. The molecule has 0 N–H and O–H groups in total. The predicted molar refractivity (Wildman–Crippen MR) is 148 cm³/mol. The van der Waals surface area contributed by atoms with Crippen LogP contribution in [0.15, 0.2) is 103 Å². The second-order valence-electron chi connectivity index (χ2n) is 8.76. The number of hydrogen-bond acceptors (Lipinski definition) is 8. The third-order valence-electron chi connectivity index (χ3n) is 6.20. The fourth-order valence-corrected chi connectivity index (χ4v) is 4.76. The number of carboxylic acids is 1. The molecule has 194 valence electrons. The fraction of sp³-hybridized carbons (Fsp3) is 0.0968. The van der Waals surface area contributed by atoms with E-state index < -0.39 is 11.8 Å². The monoisotopic (exact) mass is 558 g/mol. The molecule has 0 atom stereocenters. The molecule has 0 bridgehead atoms. The van der Waals surface area contributed by atoms with Gasteiger partial charge in [-0.2, -0.15) is 8.75 Å². The smallest absolute Gasteiger partial charge is 0.545 e. The summed E-state index contributed by atoms with van der Waals surface area (Å²) in [4.78, 5) is 26.4. The van der Waals surface area contributed by atoms with E-state index in [4.69, 9.17) is 9.47 Å². The van der Waals surface area contributed by atoms with Crippen LogP contribution < -0.4 is 44.1 Å². The van der Waals surface area contributed by atoms with Crippen LogP contribution in [0, 0.1) is 0 Å². The number of hydrogen-bond donors (Lipinski definition) is 0. The van der Waals surface area contributed by atoms with Gasteiger partial charge in [0.05, 0.1) is 24.8 Å². The van der Waals surface area contributed by atoms with Gasteiger partial charge in [-0.25, -0.2) is 0 Å².